The lowest BCUT2D eigenvalue weighted by Gasteiger charge is -2.16. The van der Waals surface area contributed by atoms with E-state index in [-0.39, 0.29) is 5.41 Å². The lowest BCUT2D eigenvalue weighted by Crippen LogP contribution is -2.16. The number of carboxylic acid groups (broad SMARTS) is 1. The van der Waals surface area contributed by atoms with Gasteiger partial charge in [-0.2, -0.15) is 0 Å². The summed E-state index contributed by atoms with van der Waals surface area (Å²) in [5, 5.41) is 10.0. The van der Waals surface area contributed by atoms with Crippen LogP contribution < -0.4 is 4.74 Å². The molecule has 0 radical (unpaired) electrons. The Balaban J connectivity index is 2.62. The lowest BCUT2D eigenvalue weighted by molar-refractivity contribution is 0.0699. The number of para-hydroxylation sites is 1. The van der Waals surface area contributed by atoms with Gasteiger partial charge in [-0.15, -0.1) is 11.3 Å². The third kappa shape index (κ3) is 2.67. The number of nitrogens with zero attached hydrogens (tertiary/aromatic N) is 1. The van der Waals surface area contributed by atoms with Crippen LogP contribution in [0.3, 0.4) is 0 Å². The van der Waals surface area contributed by atoms with Crippen LogP contribution in [-0.4, -0.2) is 23.2 Å². The Morgan fingerprint density at radius 1 is 1.30 bits per heavy atom. The molecule has 1 heterocycles. The van der Waals surface area contributed by atoms with Gasteiger partial charge >= 0.3 is 5.97 Å². The molecule has 106 valence electrons. The number of methoxy groups -OCH3 is 1. The van der Waals surface area contributed by atoms with Gasteiger partial charge in [0.15, 0.2) is 0 Å². The van der Waals surface area contributed by atoms with Crippen LogP contribution in [-0.2, 0) is 5.41 Å². The van der Waals surface area contributed by atoms with Crippen molar-refractivity contribution in [3.63, 3.8) is 0 Å². The first-order valence-corrected chi connectivity index (χ1v) is 7.04. The van der Waals surface area contributed by atoms with Gasteiger partial charge in [-0.1, -0.05) is 32.9 Å². The Labute approximate surface area is 122 Å². The van der Waals surface area contributed by atoms with Crippen LogP contribution in [0.5, 0.6) is 5.75 Å². The van der Waals surface area contributed by atoms with E-state index in [2.05, 4.69) is 4.98 Å². The zero-order chi connectivity index (χ0) is 14.9. The maximum absolute atomic E-state index is 11.4. The van der Waals surface area contributed by atoms with Crippen LogP contribution in [0.2, 0.25) is 0 Å². The van der Waals surface area contributed by atoms with Gasteiger partial charge in [-0.3, -0.25) is 0 Å². The van der Waals surface area contributed by atoms with E-state index in [1.807, 2.05) is 45.0 Å². The first-order chi connectivity index (χ1) is 9.34. The molecule has 5 heteroatoms. The van der Waals surface area contributed by atoms with Gasteiger partial charge in [-0.25, -0.2) is 9.78 Å². The molecule has 4 nitrogen and oxygen atoms in total. The molecule has 0 atom stereocenters. The number of hydrogen-bond donors (Lipinski definition) is 1. The van der Waals surface area contributed by atoms with Crippen LogP contribution in [0.15, 0.2) is 24.3 Å². The Kier molecular flexibility index (Phi) is 3.81. The van der Waals surface area contributed by atoms with Crippen molar-refractivity contribution in [3.05, 3.63) is 34.8 Å². The number of benzene rings is 1. The van der Waals surface area contributed by atoms with E-state index < -0.39 is 5.97 Å². The Bertz CT molecular complexity index is 641. The third-order valence-corrected chi connectivity index (χ3v) is 3.95. The van der Waals surface area contributed by atoms with Crippen molar-refractivity contribution < 1.29 is 14.6 Å². The summed E-state index contributed by atoms with van der Waals surface area (Å²) in [7, 11) is 1.59. The molecule has 0 aliphatic rings. The minimum atomic E-state index is -0.937. The van der Waals surface area contributed by atoms with E-state index in [1.54, 1.807) is 7.11 Å². The maximum Gasteiger partial charge on any atom is 0.347 e. The van der Waals surface area contributed by atoms with Crippen LogP contribution in [0.1, 0.15) is 36.1 Å². The number of aromatic carboxylic acids is 1. The van der Waals surface area contributed by atoms with Gasteiger partial charge in [0.25, 0.3) is 0 Å². The first kappa shape index (κ1) is 14.5. The number of hydrogen-bond acceptors (Lipinski definition) is 4. The lowest BCUT2D eigenvalue weighted by atomic mass is 9.91. The van der Waals surface area contributed by atoms with Crippen molar-refractivity contribution in [1.82, 2.24) is 4.98 Å². The standard InChI is InChI=1S/C15H17NO3S/c1-15(2,3)12-11(14(17)18)20-13(16-12)9-7-5-6-8-10(9)19-4/h5-8H,1-4H3,(H,17,18). The second-order valence-electron chi connectivity index (χ2n) is 5.45. The summed E-state index contributed by atoms with van der Waals surface area (Å²) < 4.78 is 5.31. The van der Waals surface area contributed by atoms with Crippen molar-refractivity contribution in [2.45, 2.75) is 26.2 Å². The van der Waals surface area contributed by atoms with Crippen molar-refractivity contribution in [3.8, 4) is 16.3 Å². The normalized spacial score (nSPS) is 11.4. The number of carbonyl (C=O) groups is 1. The number of thiazole rings is 1. The van der Waals surface area contributed by atoms with Crippen LogP contribution in [0.4, 0.5) is 0 Å². The zero-order valence-corrected chi connectivity index (χ0v) is 12.7. The number of aromatic nitrogens is 1. The molecule has 0 saturated heterocycles. The molecule has 1 N–H and O–H groups in total. The van der Waals surface area contributed by atoms with Crippen molar-refractivity contribution in [2.24, 2.45) is 0 Å². The summed E-state index contributed by atoms with van der Waals surface area (Å²) >= 11 is 1.19. The molecule has 0 aliphatic carbocycles. The predicted octanol–water partition coefficient (Wildman–Crippen LogP) is 3.81. The minimum absolute atomic E-state index is 0.290. The van der Waals surface area contributed by atoms with Gasteiger partial charge in [-0.05, 0) is 12.1 Å². The highest BCUT2D eigenvalue weighted by atomic mass is 32.1. The third-order valence-electron chi connectivity index (χ3n) is 2.87. The molecule has 0 aliphatic heterocycles. The molecule has 1 aromatic carbocycles. The summed E-state index contributed by atoms with van der Waals surface area (Å²) in [5.41, 5.74) is 1.11. The zero-order valence-electron chi connectivity index (χ0n) is 11.9. The molecule has 2 aromatic rings. The Hall–Kier alpha value is -1.88. The van der Waals surface area contributed by atoms with Crippen molar-refractivity contribution in [1.29, 1.82) is 0 Å². The van der Waals surface area contributed by atoms with Gasteiger partial charge in [0, 0.05) is 5.41 Å². The fraction of sp³-hybridized carbons (Fsp3) is 0.333. The molecule has 0 amide bonds. The molecule has 0 bridgehead atoms. The fourth-order valence-electron chi connectivity index (χ4n) is 1.91. The Morgan fingerprint density at radius 2 is 1.95 bits per heavy atom. The summed E-state index contributed by atoms with van der Waals surface area (Å²) in [5.74, 6) is -0.243. The average molecular weight is 291 g/mol. The highest BCUT2D eigenvalue weighted by molar-refractivity contribution is 7.17. The second kappa shape index (κ2) is 5.25. The van der Waals surface area contributed by atoms with E-state index in [0.717, 1.165) is 5.56 Å². The van der Waals surface area contributed by atoms with Gasteiger partial charge < -0.3 is 9.84 Å². The van der Waals surface area contributed by atoms with Gasteiger partial charge in [0.05, 0.1) is 18.4 Å². The molecule has 20 heavy (non-hydrogen) atoms. The van der Waals surface area contributed by atoms with E-state index in [1.165, 1.54) is 11.3 Å². The number of ether oxygens (including phenoxy) is 1. The van der Waals surface area contributed by atoms with Crippen LogP contribution >= 0.6 is 11.3 Å². The predicted molar refractivity (Wildman–Crippen MR) is 79.8 cm³/mol. The topological polar surface area (TPSA) is 59.4 Å². The Morgan fingerprint density at radius 3 is 2.45 bits per heavy atom. The average Bonchev–Trinajstić information content (AvgIpc) is 2.83. The first-order valence-electron chi connectivity index (χ1n) is 6.22. The van der Waals surface area contributed by atoms with Crippen LogP contribution in [0.25, 0.3) is 10.6 Å². The van der Waals surface area contributed by atoms with Gasteiger partial charge in [0.2, 0.25) is 0 Å². The second-order valence-corrected chi connectivity index (χ2v) is 6.45. The monoisotopic (exact) mass is 291 g/mol. The molecular weight excluding hydrogens is 274 g/mol. The van der Waals surface area contributed by atoms with E-state index in [0.29, 0.717) is 21.3 Å². The maximum atomic E-state index is 11.4. The summed E-state index contributed by atoms with van der Waals surface area (Å²) in [6.45, 7) is 5.88. The largest absolute Gasteiger partial charge is 0.496 e. The molecule has 2 rings (SSSR count). The van der Waals surface area contributed by atoms with Gasteiger partial charge in [0.1, 0.15) is 15.6 Å². The SMILES string of the molecule is COc1ccccc1-c1nc(C(C)(C)C)c(C(=O)O)s1. The van der Waals surface area contributed by atoms with E-state index in [9.17, 15) is 9.90 Å². The molecule has 0 fully saturated rings. The smallest absolute Gasteiger partial charge is 0.347 e. The van der Waals surface area contributed by atoms with Crippen molar-refractivity contribution in [2.75, 3.05) is 7.11 Å². The molecule has 0 spiro atoms. The van der Waals surface area contributed by atoms with Crippen LogP contribution in [0, 0.1) is 0 Å². The highest BCUT2D eigenvalue weighted by Gasteiger charge is 2.27. The van der Waals surface area contributed by atoms with E-state index in [4.69, 9.17) is 4.74 Å². The highest BCUT2D eigenvalue weighted by Crippen LogP contribution is 2.37. The summed E-state index contributed by atoms with van der Waals surface area (Å²) in [4.78, 5) is 16.2. The number of carboxylic acids is 1. The minimum Gasteiger partial charge on any atom is -0.496 e. The molecule has 0 unspecified atom stereocenters. The number of rotatable bonds is 3. The van der Waals surface area contributed by atoms with Crippen molar-refractivity contribution >= 4 is 17.3 Å². The summed E-state index contributed by atoms with van der Waals surface area (Å²) in [6.07, 6.45) is 0. The quantitative estimate of drug-likeness (QED) is 0.934. The molecular formula is C15H17NO3S. The summed E-state index contributed by atoms with van der Waals surface area (Å²) in [6, 6.07) is 7.48. The molecule has 1 aromatic heterocycles. The molecule has 0 saturated carbocycles. The van der Waals surface area contributed by atoms with E-state index >= 15 is 0 Å². The fourth-order valence-corrected chi connectivity index (χ4v) is 3.05.